The van der Waals surface area contributed by atoms with Gasteiger partial charge in [0.2, 0.25) is 5.91 Å². The first kappa shape index (κ1) is 27.7. The zero-order chi connectivity index (χ0) is 28.1. The van der Waals surface area contributed by atoms with Gasteiger partial charge in [-0.1, -0.05) is 48.0 Å². The number of esters is 1. The average molecular weight is 561 g/mol. The van der Waals surface area contributed by atoms with Crippen LogP contribution in [0.25, 0.3) is 0 Å². The summed E-state index contributed by atoms with van der Waals surface area (Å²) in [6, 6.07) is 23.3. The molecule has 0 radical (unpaired) electrons. The van der Waals surface area contributed by atoms with Gasteiger partial charge in [0.05, 0.1) is 13.0 Å². The van der Waals surface area contributed by atoms with Crippen LogP contribution in [0.1, 0.15) is 42.1 Å². The van der Waals surface area contributed by atoms with Crippen LogP contribution in [0.3, 0.4) is 0 Å². The van der Waals surface area contributed by atoms with Crippen molar-refractivity contribution in [3.05, 3.63) is 95.0 Å². The van der Waals surface area contributed by atoms with E-state index in [-0.39, 0.29) is 36.2 Å². The number of hydrogen-bond donors (Lipinski definition) is 0. The molecule has 0 bridgehead atoms. The fourth-order valence-electron chi connectivity index (χ4n) is 5.69. The van der Waals surface area contributed by atoms with E-state index in [4.69, 9.17) is 21.1 Å². The van der Waals surface area contributed by atoms with E-state index in [1.165, 1.54) is 0 Å². The second-order valence-electron chi connectivity index (χ2n) is 10.5. The number of benzene rings is 3. The van der Waals surface area contributed by atoms with Crippen molar-refractivity contribution < 1.29 is 23.9 Å². The first-order valence-corrected chi connectivity index (χ1v) is 14.1. The van der Waals surface area contributed by atoms with E-state index in [0.717, 1.165) is 11.3 Å². The number of halogens is 1. The normalized spacial score (nSPS) is 18.0. The van der Waals surface area contributed by atoms with E-state index >= 15 is 0 Å². The van der Waals surface area contributed by atoms with Crippen LogP contribution in [-0.2, 0) is 20.7 Å². The number of hydrogen-bond acceptors (Lipinski definition) is 5. The second-order valence-corrected chi connectivity index (χ2v) is 10.9. The topological polar surface area (TPSA) is 76.2 Å². The minimum absolute atomic E-state index is 0.0345. The minimum atomic E-state index is -0.630. The predicted molar refractivity (Wildman–Crippen MR) is 152 cm³/mol. The summed E-state index contributed by atoms with van der Waals surface area (Å²) in [5.41, 5.74) is 1.10. The van der Waals surface area contributed by atoms with Gasteiger partial charge in [0.1, 0.15) is 17.5 Å². The van der Waals surface area contributed by atoms with Gasteiger partial charge in [0.15, 0.2) is 0 Å². The van der Waals surface area contributed by atoms with Gasteiger partial charge in [-0.25, -0.2) is 4.79 Å². The number of piperidine rings is 1. The number of rotatable bonds is 7. The highest BCUT2D eigenvalue weighted by molar-refractivity contribution is 6.31. The fourth-order valence-corrected chi connectivity index (χ4v) is 5.90. The molecule has 0 aliphatic carbocycles. The van der Waals surface area contributed by atoms with Crippen LogP contribution in [0.2, 0.25) is 5.02 Å². The lowest BCUT2D eigenvalue weighted by atomic mass is 9.76. The SMILES string of the molecule is CCOC(=O)C1CC2(CCN(C(=O)c3ccc(Oc4ccccc4)cc3)CC2)CN1C(=O)Cc1ccccc1Cl. The summed E-state index contributed by atoms with van der Waals surface area (Å²) < 4.78 is 11.2. The third-order valence-electron chi connectivity index (χ3n) is 7.88. The number of carbonyl (C=O) groups is 3. The van der Waals surface area contributed by atoms with Gasteiger partial charge in [-0.05, 0) is 79.6 Å². The smallest absolute Gasteiger partial charge is 0.328 e. The maximum Gasteiger partial charge on any atom is 0.328 e. The Bertz CT molecular complexity index is 1350. The summed E-state index contributed by atoms with van der Waals surface area (Å²) in [5.74, 6) is 0.855. The number of para-hydroxylation sites is 1. The van der Waals surface area contributed by atoms with Crippen molar-refractivity contribution in [3.8, 4) is 11.5 Å². The van der Waals surface area contributed by atoms with Crippen LogP contribution in [-0.4, -0.2) is 59.9 Å². The summed E-state index contributed by atoms with van der Waals surface area (Å²) in [4.78, 5) is 43.1. The minimum Gasteiger partial charge on any atom is -0.464 e. The van der Waals surface area contributed by atoms with Gasteiger partial charge in [-0.3, -0.25) is 9.59 Å². The van der Waals surface area contributed by atoms with Crippen LogP contribution in [0.4, 0.5) is 0 Å². The van der Waals surface area contributed by atoms with Crippen molar-refractivity contribution in [2.45, 2.75) is 38.6 Å². The Morgan fingerprint density at radius 2 is 1.55 bits per heavy atom. The Morgan fingerprint density at radius 1 is 0.900 bits per heavy atom. The monoisotopic (exact) mass is 560 g/mol. The molecule has 2 amide bonds. The van der Waals surface area contributed by atoms with Crippen molar-refractivity contribution >= 4 is 29.4 Å². The molecule has 3 aromatic carbocycles. The molecular formula is C32H33ClN2O5. The molecular weight excluding hydrogens is 528 g/mol. The molecule has 2 fully saturated rings. The Hall–Kier alpha value is -3.84. The highest BCUT2D eigenvalue weighted by Crippen LogP contribution is 2.44. The molecule has 1 unspecified atom stereocenters. The molecule has 2 aliphatic heterocycles. The van der Waals surface area contributed by atoms with Crippen LogP contribution < -0.4 is 4.74 Å². The van der Waals surface area contributed by atoms with Crippen molar-refractivity contribution in [1.29, 1.82) is 0 Å². The quantitative estimate of drug-likeness (QED) is 0.343. The molecule has 8 heteroatoms. The summed E-state index contributed by atoms with van der Waals surface area (Å²) >= 11 is 6.30. The predicted octanol–water partition coefficient (Wildman–Crippen LogP) is 5.76. The molecule has 5 rings (SSSR count). The van der Waals surface area contributed by atoms with Gasteiger partial charge in [-0.2, -0.15) is 0 Å². The number of amides is 2. The van der Waals surface area contributed by atoms with E-state index in [0.29, 0.717) is 55.2 Å². The van der Waals surface area contributed by atoms with E-state index < -0.39 is 6.04 Å². The van der Waals surface area contributed by atoms with Crippen LogP contribution in [0.15, 0.2) is 78.9 Å². The van der Waals surface area contributed by atoms with E-state index in [2.05, 4.69) is 0 Å². The number of carbonyl (C=O) groups excluding carboxylic acids is 3. The molecule has 1 atom stereocenters. The van der Waals surface area contributed by atoms with E-state index in [1.54, 1.807) is 42.2 Å². The molecule has 0 N–H and O–H groups in total. The lowest BCUT2D eigenvalue weighted by molar-refractivity contribution is -0.152. The van der Waals surface area contributed by atoms with Crippen molar-refractivity contribution in [1.82, 2.24) is 9.80 Å². The van der Waals surface area contributed by atoms with E-state index in [9.17, 15) is 14.4 Å². The molecule has 0 aromatic heterocycles. The maximum absolute atomic E-state index is 13.4. The molecule has 2 aliphatic rings. The van der Waals surface area contributed by atoms with Gasteiger partial charge >= 0.3 is 5.97 Å². The summed E-state index contributed by atoms with van der Waals surface area (Å²) in [5, 5.41) is 0.531. The molecule has 0 saturated carbocycles. The largest absolute Gasteiger partial charge is 0.464 e. The third-order valence-corrected chi connectivity index (χ3v) is 8.25. The highest BCUT2D eigenvalue weighted by atomic mass is 35.5. The van der Waals surface area contributed by atoms with Crippen LogP contribution in [0, 0.1) is 5.41 Å². The molecule has 3 aromatic rings. The zero-order valence-electron chi connectivity index (χ0n) is 22.6. The summed E-state index contributed by atoms with van der Waals surface area (Å²) in [7, 11) is 0. The van der Waals surface area contributed by atoms with Crippen molar-refractivity contribution in [3.63, 3.8) is 0 Å². The van der Waals surface area contributed by atoms with Crippen molar-refractivity contribution in [2.24, 2.45) is 5.41 Å². The third kappa shape index (κ3) is 6.15. The van der Waals surface area contributed by atoms with Crippen molar-refractivity contribution in [2.75, 3.05) is 26.2 Å². The van der Waals surface area contributed by atoms with Crippen LogP contribution >= 0.6 is 11.6 Å². The maximum atomic E-state index is 13.4. The molecule has 2 heterocycles. The number of ether oxygens (including phenoxy) is 2. The average Bonchev–Trinajstić information content (AvgIpc) is 3.35. The molecule has 40 heavy (non-hydrogen) atoms. The van der Waals surface area contributed by atoms with E-state index in [1.807, 2.05) is 53.4 Å². The van der Waals surface area contributed by atoms with Gasteiger partial charge in [0.25, 0.3) is 5.91 Å². The first-order valence-electron chi connectivity index (χ1n) is 13.7. The standard InChI is InChI=1S/C32H33ClN2O5/c1-2-39-31(38)28-21-32(22-35(28)29(36)20-24-8-6-7-11-27(24)33)16-18-34(19-17-32)30(37)23-12-14-26(15-13-23)40-25-9-4-3-5-10-25/h3-15,28H,2,16-22H2,1H3. The molecule has 7 nitrogen and oxygen atoms in total. The van der Waals surface area contributed by atoms with Gasteiger partial charge in [0, 0.05) is 30.2 Å². The Labute approximate surface area is 239 Å². The molecule has 1 spiro atoms. The summed E-state index contributed by atoms with van der Waals surface area (Å²) in [6.07, 6.45) is 2.08. The fraction of sp³-hybridized carbons (Fsp3) is 0.344. The number of nitrogens with zero attached hydrogens (tertiary/aromatic N) is 2. The van der Waals surface area contributed by atoms with Gasteiger partial charge < -0.3 is 19.3 Å². The number of likely N-dealkylation sites (tertiary alicyclic amines) is 2. The first-order chi connectivity index (χ1) is 19.4. The summed E-state index contributed by atoms with van der Waals surface area (Å²) in [6.45, 7) is 3.61. The lowest BCUT2D eigenvalue weighted by Gasteiger charge is -2.39. The Morgan fingerprint density at radius 3 is 2.23 bits per heavy atom. The molecule has 2 saturated heterocycles. The lowest BCUT2D eigenvalue weighted by Crippen LogP contribution is -2.45. The highest BCUT2D eigenvalue weighted by Gasteiger charge is 2.50. The Kier molecular flexibility index (Phi) is 8.40. The van der Waals surface area contributed by atoms with Gasteiger partial charge in [-0.15, -0.1) is 0 Å². The zero-order valence-corrected chi connectivity index (χ0v) is 23.3. The Balaban J connectivity index is 1.23. The van der Waals surface area contributed by atoms with Crippen LogP contribution in [0.5, 0.6) is 11.5 Å². The second kappa shape index (κ2) is 12.1. The molecule has 208 valence electrons.